The monoisotopic (exact) mass is 295 g/mol. The first kappa shape index (κ1) is 14.6. The van der Waals surface area contributed by atoms with E-state index in [0.29, 0.717) is 0 Å². The number of pyridine rings is 1. The fourth-order valence-corrected chi connectivity index (χ4v) is 2.46. The average Bonchev–Trinajstić information content (AvgIpc) is 3.35. The number of amides is 1. The first-order chi connectivity index (χ1) is 10.6. The molecule has 4 heteroatoms. The number of nitrogens with zero attached hydrogens (tertiary/aromatic N) is 2. The standard InChI is InChI=1S/C18H21N3O/c1-13-10-16(21(2)12-14-4-3-9-19-11-14)7-8-17(13)20-18(22)15-5-6-15/h3-4,7-11,15H,5-6,12H2,1-2H3,(H,20,22). The molecule has 1 aromatic carbocycles. The molecule has 114 valence electrons. The fraction of sp³-hybridized carbons (Fsp3) is 0.333. The van der Waals surface area contributed by atoms with Crippen molar-refractivity contribution in [1.29, 1.82) is 0 Å². The molecule has 1 heterocycles. The van der Waals surface area contributed by atoms with E-state index >= 15 is 0 Å². The van der Waals surface area contributed by atoms with Crippen LogP contribution in [0.3, 0.4) is 0 Å². The van der Waals surface area contributed by atoms with Crippen molar-refractivity contribution in [3.05, 3.63) is 53.9 Å². The van der Waals surface area contributed by atoms with Crippen molar-refractivity contribution in [3.8, 4) is 0 Å². The van der Waals surface area contributed by atoms with Gasteiger partial charge in [0.25, 0.3) is 0 Å². The lowest BCUT2D eigenvalue weighted by Gasteiger charge is -2.21. The molecule has 0 saturated heterocycles. The predicted molar refractivity (Wildman–Crippen MR) is 88.9 cm³/mol. The predicted octanol–water partition coefficient (Wildman–Crippen LogP) is 3.37. The maximum absolute atomic E-state index is 11.9. The smallest absolute Gasteiger partial charge is 0.227 e. The lowest BCUT2D eigenvalue weighted by atomic mass is 10.1. The molecular formula is C18H21N3O. The van der Waals surface area contributed by atoms with Gasteiger partial charge in [0, 0.05) is 43.3 Å². The van der Waals surface area contributed by atoms with Crippen LogP contribution in [0.25, 0.3) is 0 Å². The Bertz CT molecular complexity index is 665. The molecule has 2 aromatic rings. The fourth-order valence-electron chi connectivity index (χ4n) is 2.46. The summed E-state index contributed by atoms with van der Waals surface area (Å²) in [5, 5.41) is 3.02. The lowest BCUT2D eigenvalue weighted by molar-refractivity contribution is -0.117. The zero-order chi connectivity index (χ0) is 15.5. The summed E-state index contributed by atoms with van der Waals surface area (Å²) in [6.45, 7) is 2.84. The molecule has 3 rings (SSSR count). The Balaban J connectivity index is 1.69. The number of hydrogen-bond acceptors (Lipinski definition) is 3. The number of benzene rings is 1. The Morgan fingerprint density at radius 2 is 2.18 bits per heavy atom. The number of anilines is 2. The third kappa shape index (κ3) is 3.45. The molecule has 4 nitrogen and oxygen atoms in total. The van der Waals surface area contributed by atoms with E-state index in [-0.39, 0.29) is 11.8 Å². The molecule has 0 aliphatic heterocycles. The molecule has 1 aliphatic carbocycles. The molecular weight excluding hydrogens is 274 g/mol. The molecule has 1 amide bonds. The number of carbonyl (C=O) groups is 1. The molecule has 0 atom stereocenters. The minimum atomic E-state index is 0.152. The van der Waals surface area contributed by atoms with Crippen molar-refractivity contribution >= 4 is 17.3 Å². The quantitative estimate of drug-likeness (QED) is 0.920. The second-order valence-corrected chi connectivity index (χ2v) is 5.98. The topological polar surface area (TPSA) is 45.2 Å². The molecule has 1 aliphatic rings. The van der Waals surface area contributed by atoms with E-state index < -0.39 is 0 Å². The van der Waals surface area contributed by atoms with Gasteiger partial charge < -0.3 is 10.2 Å². The minimum absolute atomic E-state index is 0.152. The van der Waals surface area contributed by atoms with Crippen LogP contribution in [0, 0.1) is 12.8 Å². The summed E-state index contributed by atoms with van der Waals surface area (Å²) in [5.74, 6) is 0.381. The maximum Gasteiger partial charge on any atom is 0.227 e. The molecule has 22 heavy (non-hydrogen) atoms. The highest BCUT2D eigenvalue weighted by atomic mass is 16.2. The van der Waals surface area contributed by atoms with Gasteiger partial charge in [-0.05, 0) is 55.2 Å². The van der Waals surface area contributed by atoms with Crippen LogP contribution in [0.2, 0.25) is 0 Å². The second kappa shape index (κ2) is 6.18. The number of aromatic nitrogens is 1. The highest BCUT2D eigenvalue weighted by Gasteiger charge is 2.29. The van der Waals surface area contributed by atoms with E-state index in [9.17, 15) is 4.79 Å². The summed E-state index contributed by atoms with van der Waals surface area (Å²) in [6, 6.07) is 10.2. The van der Waals surface area contributed by atoms with E-state index in [1.54, 1.807) is 6.20 Å². The Labute approximate surface area is 131 Å². The molecule has 0 bridgehead atoms. The van der Waals surface area contributed by atoms with Crippen LogP contribution in [-0.2, 0) is 11.3 Å². The number of rotatable bonds is 5. The Morgan fingerprint density at radius 3 is 2.82 bits per heavy atom. The highest BCUT2D eigenvalue weighted by Crippen LogP contribution is 2.31. The lowest BCUT2D eigenvalue weighted by Crippen LogP contribution is -2.17. The summed E-state index contributed by atoms with van der Waals surface area (Å²) >= 11 is 0. The Kier molecular flexibility index (Phi) is 4.09. The third-order valence-corrected chi connectivity index (χ3v) is 4.00. The van der Waals surface area contributed by atoms with E-state index in [1.807, 2.05) is 31.3 Å². The van der Waals surface area contributed by atoms with Gasteiger partial charge in [0.2, 0.25) is 5.91 Å². The minimum Gasteiger partial charge on any atom is -0.370 e. The van der Waals surface area contributed by atoms with Crippen molar-refractivity contribution in [1.82, 2.24) is 4.98 Å². The normalized spacial score (nSPS) is 13.7. The molecule has 0 unspecified atom stereocenters. The second-order valence-electron chi connectivity index (χ2n) is 5.98. The summed E-state index contributed by atoms with van der Waals surface area (Å²) in [6.07, 6.45) is 5.71. The first-order valence-corrected chi connectivity index (χ1v) is 7.65. The molecule has 0 radical (unpaired) electrons. The van der Waals surface area contributed by atoms with E-state index in [2.05, 4.69) is 34.4 Å². The van der Waals surface area contributed by atoms with Gasteiger partial charge in [-0.1, -0.05) is 6.07 Å². The third-order valence-electron chi connectivity index (χ3n) is 4.00. The molecule has 0 spiro atoms. The summed E-state index contributed by atoms with van der Waals surface area (Å²) in [7, 11) is 2.06. The molecule has 1 aromatic heterocycles. The molecule has 1 saturated carbocycles. The average molecular weight is 295 g/mol. The summed E-state index contributed by atoms with van der Waals surface area (Å²) in [4.78, 5) is 18.2. The van der Waals surface area contributed by atoms with Gasteiger partial charge in [0.1, 0.15) is 0 Å². The zero-order valence-electron chi connectivity index (χ0n) is 13.0. The van der Waals surface area contributed by atoms with Gasteiger partial charge in [-0.25, -0.2) is 0 Å². The van der Waals surface area contributed by atoms with E-state index in [4.69, 9.17) is 0 Å². The van der Waals surface area contributed by atoms with Crippen molar-refractivity contribution < 1.29 is 4.79 Å². The van der Waals surface area contributed by atoms with Crippen LogP contribution in [0.5, 0.6) is 0 Å². The van der Waals surface area contributed by atoms with Crippen molar-refractivity contribution in [2.24, 2.45) is 5.92 Å². The maximum atomic E-state index is 11.9. The van der Waals surface area contributed by atoms with Crippen LogP contribution >= 0.6 is 0 Å². The Hall–Kier alpha value is -2.36. The van der Waals surface area contributed by atoms with E-state index in [1.165, 1.54) is 5.56 Å². The highest BCUT2D eigenvalue weighted by molar-refractivity contribution is 5.94. The van der Waals surface area contributed by atoms with Crippen LogP contribution in [0.15, 0.2) is 42.7 Å². The molecule has 1 fully saturated rings. The van der Waals surface area contributed by atoms with Crippen LogP contribution in [0.4, 0.5) is 11.4 Å². The Morgan fingerprint density at radius 1 is 1.36 bits per heavy atom. The van der Waals surface area contributed by atoms with Gasteiger partial charge in [-0.3, -0.25) is 9.78 Å². The van der Waals surface area contributed by atoms with Crippen LogP contribution in [0.1, 0.15) is 24.0 Å². The van der Waals surface area contributed by atoms with E-state index in [0.717, 1.165) is 36.3 Å². The van der Waals surface area contributed by atoms with Crippen molar-refractivity contribution in [2.75, 3.05) is 17.3 Å². The number of nitrogens with one attached hydrogen (secondary N) is 1. The summed E-state index contributed by atoms with van der Waals surface area (Å²) in [5.41, 5.74) is 4.31. The van der Waals surface area contributed by atoms with Gasteiger partial charge in [0.05, 0.1) is 0 Å². The number of carbonyl (C=O) groups excluding carboxylic acids is 1. The van der Waals surface area contributed by atoms with Crippen molar-refractivity contribution in [3.63, 3.8) is 0 Å². The van der Waals surface area contributed by atoms with Gasteiger partial charge in [-0.2, -0.15) is 0 Å². The first-order valence-electron chi connectivity index (χ1n) is 7.65. The number of aryl methyl sites for hydroxylation is 1. The van der Waals surface area contributed by atoms with Gasteiger partial charge in [-0.15, -0.1) is 0 Å². The van der Waals surface area contributed by atoms with Crippen molar-refractivity contribution in [2.45, 2.75) is 26.3 Å². The number of hydrogen-bond donors (Lipinski definition) is 1. The largest absolute Gasteiger partial charge is 0.370 e. The van der Waals surface area contributed by atoms with Gasteiger partial charge >= 0.3 is 0 Å². The molecule has 1 N–H and O–H groups in total. The summed E-state index contributed by atoms with van der Waals surface area (Å²) < 4.78 is 0. The zero-order valence-corrected chi connectivity index (χ0v) is 13.0. The van der Waals surface area contributed by atoms with Crippen LogP contribution < -0.4 is 10.2 Å². The van der Waals surface area contributed by atoms with Crippen LogP contribution in [-0.4, -0.2) is 17.9 Å². The van der Waals surface area contributed by atoms with Gasteiger partial charge in [0.15, 0.2) is 0 Å². The SMILES string of the molecule is Cc1cc(N(C)Cc2cccnc2)ccc1NC(=O)C1CC1.